The summed E-state index contributed by atoms with van der Waals surface area (Å²) in [6, 6.07) is 17.2. The van der Waals surface area contributed by atoms with Crippen molar-refractivity contribution in [3.05, 3.63) is 65.2 Å². The van der Waals surface area contributed by atoms with Crippen molar-refractivity contribution in [3.8, 4) is 0 Å². The molecule has 0 radical (unpaired) electrons. The average molecular weight is 304 g/mol. The summed E-state index contributed by atoms with van der Waals surface area (Å²) in [5.74, 6) is 0. The van der Waals surface area contributed by atoms with E-state index in [-0.39, 0.29) is 0 Å². The topological polar surface area (TPSA) is 3.24 Å². The predicted octanol–water partition coefficient (Wildman–Crippen LogP) is 4.53. The van der Waals surface area contributed by atoms with E-state index in [9.17, 15) is 0 Å². The molecule has 0 aliphatic heterocycles. The lowest BCUT2D eigenvalue weighted by Crippen LogP contribution is -2.16. The van der Waals surface area contributed by atoms with Crippen LogP contribution >= 0.6 is 15.9 Å². The maximum Gasteiger partial charge on any atom is 0.0428 e. The molecule has 0 fully saturated rings. The fraction of sp³-hybridized carbons (Fsp3) is 0.250. The summed E-state index contributed by atoms with van der Waals surface area (Å²) in [5.41, 5.74) is 5.29. The Morgan fingerprint density at radius 3 is 2.28 bits per heavy atom. The third-order valence-electron chi connectivity index (χ3n) is 3.20. The first-order valence-electron chi connectivity index (χ1n) is 6.11. The van der Waals surface area contributed by atoms with Gasteiger partial charge in [-0.2, -0.15) is 0 Å². The largest absolute Gasteiger partial charge is 0.370 e. The van der Waals surface area contributed by atoms with Crippen LogP contribution in [-0.4, -0.2) is 7.05 Å². The van der Waals surface area contributed by atoms with Crippen LogP contribution in [0.1, 0.15) is 16.7 Å². The Morgan fingerprint density at radius 2 is 1.67 bits per heavy atom. The monoisotopic (exact) mass is 303 g/mol. The van der Waals surface area contributed by atoms with Crippen LogP contribution in [-0.2, 0) is 11.9 Å². The van der Waals surface area contributed by atoms with Gasteiger partial charge in [0.05, 0.1) is 0 Å². The van der Waals surface area contributed by atoms with Crippen molar-refractivity contribution in [1.82, 2.24) is 0 Å². The van der Waals surface area contributed by atoms with Crippen LogP contribution in [0, 0.1) is 6.92 Å². The quantitative estimate of drug-likeness (QED) is 0.750. The lowest BCUT2D eigenvalue weighted by molar-refractivity contribution is 0.914. The normalized spacial score (nSPS) is 10.4. The third kappa shape index (κ3) is 3.14. The molecule has 2 aromatic carbocycles. The number of anilines is 1. The zero-order valence-corrected chi connectivity index (χ0v) is 12.4. The van der Waals surface area contributed by atoms with E-state index in [0.717, 1.165) is 11.9 Å². The lowest BCUT2D eigenvalue weighted by Gasteiger charge is -2.20. The summed E-state index contributed by atoms with van der Waals surface area (Å²) in [7, 11) is 2.13. The zero-order valence-electron chi connectivity index (χ0n) is 10.9. The molecule has 0 aliphatic rings. The zero-order chi connectivity index (χ0) is 13.0. The summed E-state index contributed by atoms with van der Waals surface area (Å²) in [6.45, 7) is 3.11. The van der Waals surface area contributed by atoms with Crippen LogP contribution in [0.3, 0.4) is 0 Å². The highest BCUT2D eigenvalue weighted by molar-refractivity contribution is 9.08. The molecule has 18 heavy (non-hydrogen) atoms. The van der Waals surface area contributed by atoms with Gasteiger partial charge in [-0.25, -0.2) is 0 Å². The smallest absolute Gasteiger partial charge is 0.0428 e. The van der Waals surface area contributed by atoms with Crippen molar-refractivity contribution in [3.63, 3.8) is 0 Å². The molecule has 0 aromatic heterocycles. The molecular weight excluding hydrogens is 286 g/mol. The molecule has 0 saturated carbocycles. The van der Waals surface area contributed by atoms with E-state index >= 15 is 0 Å². The fourth-order valence-corrected chi connectivity index (χ4v) is 2.35. The first kappa shape index (κ1) is 13.2. The molecule has 2 aromatic rings. The molecule has 0 N–H and O–H groups in total. The van der Waals surface area contributed by atoms with Crippen molar-refractivity contribution in [2.45, 2.75) is 18.8 Å². The molecule has 2 rings (SSSR count). The van der Waals surface area contributed by atoms with E-state index < -0.39 is 0 Å². The van der Waals surface area contributed by atoms with Gasteiger partial charge < -0.3 is 4.90 Å². The van der Waals surface area contributed by atoms with Gasteiger partial charge in [0, 0.05) is 24.6 Å². The number of alkyl halides is 1. The van der Waals surface area contributed by atoms with E-state index in [2.05, 4.69) is 83.3 Å². The molecule has 0 spiro atoms. The van der Waals surface area contributed by atoms with Crippen LogP contribution in [0.5, 0.6) is 0 Å². The Balaban J connectivity index is 2.11. The van der Waals surface area contributed by atoms with E-state index in [1.54, 1.807) is 0 Å². The van der Waals surface area contributed by atoms with Crippen molar-refractivity contribution in [1.29, 1.82) is 0 Å². The first-order valence-corrected chi connectivity index (χ1v) is 7.23. The lowest BCUT2D eigenvalue weighted by atomic mass is 10.1. The Morgan fingerprint density at radius 1 is 1.00 bits per heavy atom. The summed E-state index contributed by atoms with van der Waals surface area (Å²) in [4.78, 5) is 2.28. The van der Waals surface area contributed by atoms with Gasteiger partial charge >= 0.3 is 0 Å². The molecule has 0 amide bonds. The summed E-state index contributed by atoms with van der Waals surface area (Å²) in [5, 5.41) is 0.911. The van der Waals surface area contributed by atoms with Crippen molar-refractivity contribution < 1.29 is 0 Å². The maximum atomic E-state index is 3.47. The highest BCUT2D eigenvalue weighted by Crippen LogP contribution is 2.18. The summed E-state index contributed by atoms with van der Waals surface area (Å²) in [6.07, 6.45) is 0. The van der Waals surface area contributed by atoms with E-state index in [0.29, 0.717) is 0 Å². The molecule has 0 aliphatic carbocycles. The Hall–Kier alpha value is -1.28. The van der Waals surface area contributed by atoms with Gasteiger partial charge in [0.2, 0.25) is 0 Å². The molecule has 94 valence electrons. The van der Waals surface area contributed by atoms with Gasteiger partial charge in [-0.3, -0.25) is 0 Å². The number of halogens is 1. The van der Waals surface area contributed by atoms with Gasteiger partial charge in [-0.05, 0) is 35.7 Å². The average Bonchev–Trinajstić information content (AvgIpc) is 2.41. The van der Waals surface area contributed by atoms with Gasteiger partial charge in [0.1, 0.15) is 0 Å². The van der Waals surface area contributed by atoms with E-state index in [1.165, 1.54) is 22.4 Å². The number of hydrogen-bond acceptors (Lipinski definition) is 1. The van der Waals surface area contributed by atoms with Crippen molar-refractivity contribution in [2.24, 2.45) is 0 Å². The van der Waals surface area contributed by atoms with Crippen LogP contribution in [0.25, 0.3) is 0 Å². The fourth-order valence-electron chi connectivity index (χ4n) is 1.97. The van der Waals surface area contributed by atoms with Gasteiger partial charge in [-0.1, -0.05) is 52.3 Å². The molecule has 0 atom stereocenters. The molecule has 0 heterocycles. The third-order valence-corrected chi connectivity index (χ3v) is 3.85. The SMILES string of the molecule is Cc1ccccc1CN(C)c1ccc(CBr)cc1. The Bertz CT molecular complexity index is 505. The minimum absolute atomic E-state index is 0.911. The number of hydrogen-bond donors (Lipinski definition) is 0. The molecule has 0 unspecified atom stereocenters. The number of aryl methyl sites for hydroxylation is 1. The molecule has 1 nitrogen and oxygen atoms in total. The van der Waals surface area contributed by atoms with Crippen LogP contribution < -0.4 is 4.90 Å². The van der Waals surface area contributed by atoms with Crippen LogP contribution in [0.15, 0.2) is 48.5 Å². The Labute approximate surface area is 118 Å². The number of nitrogens with zero attached hydrogens (tertiary/aromatic N) is 1. The maximum absolute atomic E-state index is 3.47. The Kier molecular flexibility index (Phi) is 4.43. The molecule has 0 bridgehead atoms. The van der Waals surface area contributed by atoms with Gasteiger partial charge in [0.25, 0.3) is 0 Å². The first-order chi connectivity index (χ1) is 8.70. The van der Waals surface area contributed by atoms with Crippen molar-refractivity contribution in [2.75, 3.05) is 11.9 Å². The second-order valence-electron chi connectivity index (χ2n) is 4.58. The van der Waals surface area contributed by atoms with Crippen molar-refractivity contribution >= 4 is 21.6 Å². The van der Waals surface area contributed by atoms with E-state index in [1.807, 2.05) is 0 Å². The van der Waals surface area contributed by atoms with Crippen LogP contribution in [0.4, 0.5) is 5.69 Å². The van der Waals surface area contributed by atoms with Crippen LogP contribution in [0.2, 0.25) is 0 Å². The summed E-state index contributed by atoms with van der Waals surface area (Å²) < 4.78 is 0. The molecular formula is C16H18BrN. The summed E-state index contributed by atoms with van der Waals surface area (Å²) >= 11 is 3.47. The highest BCUT2D eigenvalue weighted by Gasteiger charge is 2.03. The standard InChI is InChI=1S/C16H18BrN/c1-13-5-3-4-6-15(13)12-18(2)16-9-7-14(11-17)8-10-16/h3-10H,11-12H2,1-2H3. The molecule has 2 heteroatoms. The minimum atomic E-state index is 0.911. The van der Waals surface area contributed by atoms with E-state index in [4.69, 9.17) is 0 Å². The molecule has 0 saturated heterocycles. The highest BCUT2D eigenvalue weighted by atomic mass is 79.9. The van der Waals surface area contributed by atoms with Gasteiger partial charge in [0.15, 0.2) is 0 Å². The number of benzene rings is 2. The predicted molar refractivity (Wildman–Crippen MR) is 82.4 cm³/mol. The second kappa shape index (κ2) is 6.05. The minimum Gasteiger partial charge on any atom is -0.370 e. The van der Waals surface area contributed by atoms with Gasteiger partial charge in [-0.15, -0.1) is 0 Å². The number of rotatable bonds is 4. The second-order valence-corrected chi connectivity index (χ2v) is 5.14.